The number of methoxy groups -OCH3 is 2. The first-order valence-electron chi connectivity index (χ1n) is 10.00. The number of aromatic amines is 1. The normalized spacial score (nSPS) is 11.3. The van der Waals surface area contributed by atoms with Crippen molar-refractivity contribution >= 4 is 29.5 Å². The van der Waals surface area contributed by atoms with Crippen LogP contribution in [0.15, 0.2) is 69.1 Å². The third-order valence-electron chi connectivity index (χ3n) is 4.77. The summed E-state index contributed by atoms with van der Waals surface area (Å²) in [7, 11) is 3.06. The number of carbonyl (C=O) groups is 1. The minimum atomic E-state index is -1.21. The average molecular weight is 494 g/mol. The Morgan fingerprint density at radius 3 is 2.51 bits per heavy atom. The van der Waals surface area contributed by atoms with Crippen LogP contribution in [-0.4, -0.2) is 45.4 Å². The van der Waals surface area contributed by atoms with E-state index < -0.39 is 10.9 Å². The van der Waals surface area contributed by atoms with Gasteiger partial charge in [-0.15, -0.1) is 5.10 Å². The van der Waals surface area contributed by atoms with E-state index >= 15 is 0 Å². The minimum absolute atomic E-state index is 0.109. The zero-order chi connectivity index (χ0) is 24.9. The summed E-state index contributed by atoms with van der Waals surface area (Å²) in [5.74, 6) is 0.743. The highest BCUT2D eigenvalue weighted by Gasteiger charge is 2.19. The van der Waals surface area contributed by atoms with Crippen molar-refractivity contribution in [3.8, 4) is 34.2 Å². The standard InChI is InChI=1S/C23H18N4O7S/c1-32-15-9-13(10-16(11-15)33-2)21-24-23(26-25-21)35-20(22(28)29)12-14-7-8-19(34-14)17-5-3-4-6-18(17)27(30)31/h3-12H,1-2H3,(H,28,29)(H,24,25,26)/b20-12-. The number of carboxylic acid groups (broad SMARTS) is 1. The Balaban J connectivity index is 1.59. The van der Waals surface area contributed by atoms with Gasteiger partial charge in [0.1, 0.15) is 27.9 Å². The summed E-state index contributed by atoms with van der Waals surface area (Å²) in [5, 5.41) is 28.0. The Bertz CT molecular complexity index is 1400. The van der Waals surface area contributed by atoms with E-state index in [-0.39, 0.29) is 32.8 Å². The highest BCUT2D eigenvalue weighted by atomic mass is 32.2. The van der Waals surface area contributed by atoms with Crippen LogP contribution in [0.4, 0.5) is 5.69 Å². The van der Waals surface area contributed by atoms with Crippen LogP contribution < -0.4 is 9.47 Å². The van der Waals surface area contributed by atoms with Gasteiger partial charge in [-0.25, -0.2) is 9.78 Å². The van der Waals surface area contributed by atoms with Gasteiger partial charge in [-0.05, 0) is 42.1 Å². The van der Waals surface area contributed by atoms with E-state index in [2.05, 4.69) is 15.2 Å². The molecule has 0 saturated carbocycles. The van der Waals surface area contributed by atoms with Crippen LogP contribution in [0, 0.1) is 10.1 Å². The second kappa shape index (κ2) is 10.1. The van der Waals surface area contributed by atoms with Gasteiger partial charge < -0.3 is 19.0 Å². The maximum Gasteiger partial charge on any atom is 0.342 e. The van der Waals surface area contributed by atoms with Crippen LogP contribution in [0.5, 0.6) is 11.5 Å². The fraction of sp³-hybridized carbons (Fsp3) is 0.0870. The largest absolute Gasteiger partial charge is 0.497 e. The number of aliphatic carboxylic acids is 1. The molecule has 0 unspecified atom stereocenters. The second-order valence-electron chi connectivity index (χ2n) is 6.96. The van der Waals surface area contributed by atoms with E-state index in [1.807, 2.05) is 0 Å². The molecule has 0 spiro atoms. The van der Waals surface area contributed by atoms with Gasteiger partial charge in [0.05, 0.1) is 24.7 Å². The summed E-state index contributed by atoms with van der Waals surface area (Å²) in [4.78, 5) is 26.9. The molecule has 35 heavy (non-hydrogen) atoms. The molecule has 12 heteroatoms. The molecule has 0 amide bonds. The van der Waals surface area contributed by atoms with Gasteiger partial charge >= 0.3 is 5.97 Å². The molecule has 11 nitrogen and oxygen atoms in total. The lowest BCUT2D eigenvalue weighted by Gasteiger charge is -2.06. The highest BCUT2D eigenvalue weighted by Crippen LogP contribution is 2.34. The van der Waals surface area contributed by atoms with Gasteiger partial charge in [0.15, 0.2) is 5.82 Å². The molecule has 4 aromatic rings. The predicted octanol–water partition coefficient (Wildman–Crippen LogP) is 4.87. The van der Waals surface area contributed by atoms with Crippen molar-refractivity contribution < 1.29 is 28.7 Å². The Morgan fingerprint density at radius 1 is 1.14 bits per heavy atom. The molecule has 2 aromatic carbocycles. The summed E-state index contributed by atoms with van der Waals surface area (Å²) in [6, 6.07) is 14.4. The van der Waals surface area contributed by atoms with Crippen LogP contribution in [0.2, 0.25) is 0 Å². The van der Waals surface area contributed by atoms with Crippen LogP contribution in [-0.2, 0) is 4.79 Å². The predicted molar refractivity (Wildman–Crippen MR) is 127 cm³/mol. The molecule has 2 heterocycles. The molecule has 0 atom stereocenters. The number of nitro groups is 1. The Kier molecular flexibility index (Phi) is 6.83. The van der Waals surface area contributed by atoms with Gasteiger partial charge in [0.25, 0.3) is 5.69 Å². The Labute approximate surface area is 202 Å². The van der Waals surface area contributed by atoms with Crippen molar-refractivity contribution in [2.75, 3.05) is 14.2 Å². The first kappa shape index (κ1) is 23.6. The van der Waals surface area contributed by atoms with Gasteiger partial charge in [-0.3, -0.25) is 15.2 Å². The summed E-state index contributed by atoms with van der Waals surface area (Å²) in [5.41, 5.74) is 0.808. The third kappa shape index (κ3) is 5.33. The number of para-hydroxylation sites is 1. The zero-order valence-corrected chi connectivity index (χ0v) is 19.2. The number of nitrogens with one attached hydrogen (secondary N) is 1. The van der Waals surface area contributed by atoms with E-state index in [1.54, 1.807) is 42.5 Å². The van der Waals surface area contributed by atoms with Crippen molar-refractivity contribution in [1.82, 2.24) is 15.2 Å². The van der Waals surface area contributed by atoms with Crippen molar-refractivity contribution in [2.24, 2.45) is 0 Å². The quantitative estimate of drug-likeness (QED) is 0.142. The number of rotatable bonds is 9. The van der Waals surface area contributed by atoms with Crippen LogP contribution in [0.25, 0.3) is 28.8 Å². The lowest BCUT2D eigenvalue weighted by atomic mass is 10.1. The fourth-order valence-corrected chi connectivity index (χ4v) is 3.83. The van der Waals surface area contributed by atoms with Gasteiger partial charge in [0, 0.05) is 23.8 Å². The molecule has 2 N–H and O–H groups in total. The fourth-order valence-electron chi connectivity index (χ4n) is 3.14. The number of hydrogen-bond acceptors (Lipinski definition) is 9. The molecule has 0 aliphatic rings. The van der Waals surface area contributed by atoms with E-state index in [0.29, 0.717) is 22.9 Å². The third-order valence-corrected chi connectivity index (χ3v) is 5.65. The number of benzene rings is 2. The number of carboxylic acids is 1. The topological polar surface area (TPSA) is 154 Å². The van der Waals surface area contributed by atoms with E-state index in [0.717, 1.165) is 11.8 Å². The van der Waals surface area contributed by atoms with Crippen molar-refractivity contribution in [3.05, 3.63) is 75.4 Å². The summed E-state index contributed by atoms with van der Waals surface area (Å²) in [6.45, 7) is 0. The molecule has 0 radical (unpaired) electrons. The number of nitro benzene ring substituents is 1. The Hall–Kier alpha value is -4.58. The smallest absolute Gasteiger partial charge is 0.342 e. The lowest BCUT2D eigenvalue weighted by molar-refractivity contribution is -0.384. The summed E-state index contributed by atoms with van der Waals surface area (Å²) >= 11 is 0.818. The molecule has 4 rings (SSSR count). The van der Waals surface area contributed by atoms with Gasteiger partial charge in [0.2, 0.25) is 5.16 Å². The molecular formula is C23H18N4O7S. The highest BCUT2D eigenvalue weighted by molar-refractivity contribution is 8.04. The van der Waals surface area contributed by atoms with Crippen molar-refractivity contribution in [2.45, 2.75) is 5.16 Å². The summed E-state index contributed by atoms with van der Waals surface area (Å²) in [6.07, 6.45) is 1.30. The molecule has 0 bridgehead atoms. The number of nitrogens with zero attached hydrogens (tertiary/aromatic N) is 3. The SMILES string of the molecule is COc1cc(OC)cc(-c2nc(S/C(=C\c3ccc(-c4ccccc4[N+](=O)[O-])o3)C(=O)O)n[nH]2)c1. The van der Waals surface area contributed by atoms with Crippen LogP contribution >= 0.6 is 11.8 Å². The lowest BCUT2D eigenvalue weighted by Crippen LogP contribution is -1.97. The molecule has 2 aromatic heterocycles. The first-order valence-corrected chi connectivity index (χ1v) is 10.8. The van der Waals surface area contributed by atoms with E-state index in [1.165, 1.54) is 32.4 Å². The maximum absolute atomic E-state index is 11.9. The second-order valence-corrected chi connectivity index (χ2v) is 7.97. The van der Waals surface area contributed by atoms with Crippen molar-refractivity contribution in [1.29, 1.82) is 0 Å². The number of ether oxygens (including phenoxy) is 2. The average Bonchev–Trinajstić information content (AvgIpc) is 3.53. The van der Waals surface area contributed by atoms with E-state index in [9.17, 15) is 20.0 Å². The van der Waals surface area contributed by atoms with Gasteiger partial charge in [-0.1, -0.05) is 12.1 Å². The van der Waals surface area contributed by atoms with Crippen LogP contribution in [0.1, 0.15) is 5.76 Å². The molecule has 0 fully saturated rings. The Morgan fingerprint density at radius 2 is 1.86 bits per heavy atom. The number of aromatic nitrogens is 3. The molecule has 0 aliphatic heterocycles. The van der Waals surface area contributed by atoms with Gasteiger partial charge in [-0.2, -0.15) is 0 Å². The number of H-pyrrole nitrogens is 1. The molecule has 178 valence electrons. The molecular weight excluding hydrogens is 476 g/mol. The molecule has 0 aliphatic carbocycles. The minimum Gasteiger partial charge on any atom is -0.497 e. The number of thioether (sulfide) groups is 1. The first-order chi connectivity index (χ1) is 16.9. The van der Waals surface area contributed by atoms with Crippen molar-refractivity contribution in [3.63, 3.8) is 0 Å². The number of furan rings is 1. The maximum atomic E-state index is 11.9. The molecule has 0 saturated heterocycles. The monoisotopic (exact) mass is 494 g/mol. The number of hydrogen-bond donors (Lipinski definition) is 2. The summed E-state index contributed by atoms with van der Waals surface area (Å²) < 4.78 is 16.2. The van der Waals surface area contributed by atoms with Crippen LogP contribution in [0.3, 0.4) is 0 Å². The van der Waals surface area contributed by atoms with E-state index in [4.69, 9.17) is 13.9 Å². The zero-order valence-electron chi connectivity index (χ0n) is 18.4.